The van der Waals surface area contributed by atoms with Crippen molar-refractivity contribution in [3.05, 3.63) is 65.6 Å². The number of amides is 1. The molecule has 1 saturated heterocycles. The number of imidazole rings is 1. The van der Waals surface area contributed by atoms with Gasteiger partial charge in [0, 0.05) is 12.4 Å². The number of pyridine rings is 1. The van der Waals surface area contributed by atoms with Crippen LogP contribution in [0.3, 0.4) is 0 Å². The van der Waals surface area contributed by atoms with Crippen LogP contribution < -0.4 is 11.1 Å². The molecule has 2 fully saturated rings. The molecule has 1 saturated carbocycles. The third kappa shape index (κ3) is 3.55. The smallest absolute Gasteiger partial charge is 0.247 e. The van der Waals surface area contributed by atoms with E-state index in [1.54, 1.807) is 0 Å². The number of fused-ring (bicyclic) bond motifs is 1. The maximum Gasteiger partial charge on any atom is 0.247 e. The van der Waals surface area contributed by atoms with E-state index < -0.39 is 11.4 Å². The van der Waals surface area contributed by atoms with Crippen LogP contribution in [-0.2, 0) is 20.9 Å². The van der Waals surface area contributed by atoms with Crippen molar-refractivity contribution < 1.29 is 14.3 Å². The fourth-order valence-corrected chi connectivity index (χ4v) is 3.79. The summed E-state index contributed by atoms with van der Waals surface area (Å²) in [6, 6.07) is 12.2. The predicted molar refractivity (Wildman–Crippen MR) is 113 cm³/mol. The molecule has 3 N–H and O–H groups in total. The molecule has 7 heteroatoms. The van der Waals surface area contributed by atoms with Gasteiger partial charge in [0.1, 0.15) is 0 Å². The zero-order valence-corrected chi connectivity index (χ0v) is 17.0. The van der Waals surface area contributed by atoms with Crippen LogP contribution in [0.5, 0.6) is 0 Å². The van der Waals surface area contributed by atoms with Gasteiger partial charge in [-0.15, -0.1) is 0 Å². The number of benzene rings is 1. The fraction of sp³-hybridized carbons (Fsp3) is 0.391. The second-order valence-electron chi connectivity index (χ2n) is 8.36. The first-order valence-corrected chi connectivity index (χ1v) is 10.4. The van der Waals surface area contributed by atoms with Crippen LogP contribution in [0.2, 0.25) is 0 Å². The Bertz CT molecular complexity index is 1070. The fourth-order valence-electron chi connectivity index (χ4n) is 3.79. The summed E-state index contributed by atoms with van der Waals surface area (Å²) in [4.78, 5) is 16.9. The molecule has 1 aromatic carbocycles. The number of nitrogens with zero attached hydrogens (tertiary/aromatic N) is 2. The molecular weight excluding hydrogens is 380 g/mol. The van der Waals surface area contributed by atoms with Crippen molar-refractivity contribution in [2.45, 2.75) is 43.9 Å². The number of rotatable bonds is 8. The predicted octanol–water partition coefficient (Wildman–Crippen LogP) is 3.16. The maximum absolute atomic E-state index is 12.0. The first-order valence-electron chi connectivity index (χ1n) is 10.4. The summed E-state index contributed by atoms with van der Waals surface area (Å²) >= 11 is 0. The number of aromatic nitrogens is 2. The van der Waals surface area contributed by atoms with Gasteiger partial charge in [0.05, 0.1) is 37.3 Å². The number of primary amides is 1. The van der Waals surface area contributed by atoms with E-state index in [9.17, 15) is 4.79 Å². The summed E-state index contributed by atoms with van der Waals surface area (Å²) in [6.45, 7) is 3.07. The first kappa shape index (κ1) is 19.1. The number of ether oxygens (including phenoxy) is 2. The third-order valence-electron chi connectivity index (χ3n) is 5.94. The van der Waals surface area contributed by atoms with E-state index in [0.717, 1.165) is 22.6 Å². The second kappa shape index (κ2) is 7.41. The van der Waals surface area contributed by atoms with Crippen molar-refractivity contribution in [1.29, 1.82) is 0 Å². The minimum absolute atomic E-state index is 0.167. The average molecular weight is 406 g/mol. The van der Waals surface area contributed by atoms with E-state index in [2.05, 4.69) is 17.6 Å². The first-order chi connectivity index (χ1) is 14.5. The van der Waals surface area contributed by atoms with Crippen LogP contribution in [0.1, 0.15) is 48.6 Å². The molecular formula is C23H26N4O3. The van der Waals surface area contributed by atoms with Crippen molar-refractivity contribution in [3.8, 4) is 0 Å². The van der Waals surface area contributed by atoms with Gasteiger partial charge in [-0.1, -0.05) is 30.3 Å². The van der Waals surface area contributed by atoms with Crippen LogP contribution in [0.25, 0.3) is 5.65 Å². The molecule has 3 heterocycles. The molecule has 0 radical (unpaired) electrons. The monoisotopic (exact) mass is 406 g/mol. The zero-order valence-electron chi connectivity index (χ0n) is 17.0. The van der Waals surface area contributed by atoms with Gasteiger partial charge in [-0.25, -0.2) is 4.98 Å². The van der Waals surface area contributed by atoms with Gasteiger partial charge in [0.15, 0.2) is 11.2 Å². The largest absolute Gasteiger partial charge is 0.375 e. The molecule has 1 unspecified atom stereocenters. The lowest BCUT2D eigenvalue weighted by molar-refractivity contribution is -0.137. The van der Waals surface area contributed by atoms with E-state index in [-0.39, 0.29) is 19.3 Å². The summed E-state index contributed by atoms with van der Waals surface area (Å²) in [7, 11) is 0. The Balaban J connectivity index is 1.44. The number of nitrogens with two attached hydrogens (primary N) is 1. The average Bonchev–Trinajstić information content (AvgIpc) is 3.47. The van der Waals surface area contributed by atoms with Crippen LogP contribution in [0, 0.1) is 0 Å². The molecule has 1 aliphatic heterocycles. The molecule has 2 aromatic heterocycles. The van der Waals surface area contributed by atoms with E-state index >= 15 is 0 Å². The Morgan fingerprint density at radius 2 is 2.10 bits per heavy atom. The lowest BCUT2D eigenvalue weighted by Crippen LogP contribution is -2.64. The van der Waals surface area contributed by atoms with Crippen LogP contribution in [0.15, 0.2) is 48.8 Å². The minimum Gasteiger partial charge on any atom is -0.375 e. The van der Waals surface area contributed by atoms with Crippen molar-refractivity contribution in [1.82, 2.24) is 9.38 Å². The number of anilines is 1. The molecule has 5 rings (SSSR count). The van der Waals surface area contributed by atoms with Gasteiger partial charge in [-0.05, 0) is 42.9 Å². The van der Waals surface area contributed by atoms with Gasteiger partial charge in [-0.3, -0.25) is 4.79 Å². The normalized spacial score (nSPS) is 18.7. The number of carbonyl (C=O) groups excluding carboxylic acids is 1. The Morgan fingerprint density at radius 1 is 1.33 bits per heavy atom. The van der Waals surface area contributed by atoms with Gasteiger partial charge in [0.25, 0.3) is 0 Å². The molecule has 0 spiro atoms. The van der Waals surface area contributed by atoms with Crippen molar-refractivity contribution in [2.24, 2.45) is 5.73 Å². The zero-order chi connectivity index (χ0) is 20.7. The molecule has 156 valence electrons. The summed E-state index contributed by atoms with van der Waals surface area (Å²) in [5.74, 6) is 0.157. The molecule has 1 atom stereocenters. The quantitative estimate of drug-likeness (QED) is 0.600. The van der Waals surface area contributed by atoms with Gasteiger partial charge in [-0.2, -0.15) is 0 Å². The van der Waals surface area contributed by atoms with E-state index in [0.29, 0.717) is 12.5 Å². The molecule has 0 bridgehead atoms. The van der Waals surface area contributed by atoms with Crippen LogP contribution >= 0.6 is 0 Å². The second-order valence-corrected chi connectivity index (χ2v) is 8.36. The van der Waals surface area contributed by atoms with Crippen LogP contribution in [-0.4, -0.2) is 34.0 Å². The Hall–Kier alpha value is -2.90. The Labute approximate surface area is 175 Å². The van der Waals surface area contributed by atoms with E-state index in [4.69, 9.17) is 20.2 Å². The third-order valence-corrected chi connectivity index (χ3v) is 5.94. The van der Waals surface area contributed by atoms with E-state index in [1.165, 1.54) is 18.4 Å². The van der Waals surface area contributed by atoms with Crippen molar-refractivity contribution >= 4 is 17.2 Å². The molecule has 1 amide bonds. The minimum atomic E-state index is -0.871. The van der Waals surface area contributed by atoms with Gasteiger partial charge < -0.3 is 24.9 Å². The molecule has 1 aliphatic carbocycles. The highest BCUT2D eigenvalue weighted by atomic mass is 16.5. The molecule has 30 heavy (non-hydrogen) atoms. The standard InChI is InChI=1S/C23H26N4O3/c1-15(30-12-16-5-3-2-4-6-16)20-11-27-10-18(17-7-8-17)9-19(21(27)25-20)26-23(22(24)28)13-29-14-23/h2-6,9-11,15,17,26H,7-8,12-14H2,1H3,(H2,24,28). The molecule has 7 nitrogen and oxygen atoms in total. The Kier molecular flexibility index (Phi) is 4.72. The Morgan fingerprint density at radius 3 is 2.73 bits per heavy atom. The summed E-state index contributed by atoms with van der Waals surface area (Å²) in [6.07, 6.45) is 6.35. The number of nitrogens with one attached hydrogen (secondary N) is 1. The van der Waals surface area contributed by atoms with Crippen molar-refractivity contribution in [3.63, 3.8) is 0 Å². The van der Waals surface area contributed by atoms with Crippen LogP contribution in [0.4, 0.5) is 5.69 Å². The molecule has 2 aliphatic rings. The summed E-state index contributed by atoms with van der Waals surface area (Å²) < 4.78 is 13.4. The number of hydrogen-bond donors (Lipinski definition) is 2. The maximum atomic E-state index is 12.0. The highest BCUT2D eigenvalue weighted by molar-refractivity contribution is 5.90. The van der Waals surface area contributed by atoms with Gasteiger partial charge >= 0.3 is 0 Å². The van der Waals surface area contributed by atoms with E-state index in [1.807, 2.05) is 47.9 Å². The lowest BCUT2D eigenvalue weighted by atomic mass is 9.96. The summed E-state index contributed by atoms with van der Waals surface area (Å²) in [5.41, 5.74) is 9.57. The number of carbonyl (C=O) groups is 1. The SMILES string of the molecule is CC(OCc1ccccc1)c1cn2cc(C3CC3)cc(NC3(C(N)=O)COC3)c2n1. The van der Waals surface area contributed by atoms with Crippen molar-refractivity contribution in [2.75, 3.05) is 18.5 Å². The lowest BCUT2D eigenvalue weighted by Gasteiger charge is -2.39. The highest BCUT2D eigenvalue weighted by Crippen LogP contribution is 2.42. The van der Waals surface area contributed by atoms with Gasteiger partial charge in [0.2, 0.25) is 5.91 Å². The topological polar surface area (TPSA) is 90.9 Å². The number of hydrogen-bond acceptors (Lipinski definition) is 5. The molecule has 3 aromatic rings. The highest BCUT2D eigenvalue weighted by Gasteiger charge is 2.45. The summed E-state index contributed by atoms with van der Waals surface area (Å²) in [5, 5.41) is 3.34.